The van der Waals surface area contributed by atoms with Gasteiger partial charge in [0, 0.05) is 46.3 Å². The van der Waals surface area contributed by atoms with Gasteiger partial charge in [-0.05, 0) is 138 Å². The van der Waals surface area contributed by atoms with Crippen LogP contribution < -0.4 is 9.80 Å². The van der Waals surface area contributed by atoms with Crippen molar-refractivity contribution in [2.24, 2.45) is 0 Å². The lowest BCUT2D eigenvalue weighted by Crippen LogP contribution is -2.10. The van der Waals surface area contributed by atoms with Crippen LogP contribution in [0.2, 0.25) is 0 Å². The minimum atomic E-state index is 1.05. The van der Waals surface area contributed by atoms with Crippen LogP contribution in [-0.4, -0.2) is 0 Å². The number of benzene rings is 13. The van der Waals surface area contributed by atoms with Crippen molar-refractivity contribution in [1.82, 2.24) is 0 Å². The zero-order chi connectivity index (χ0) is 64.8. The fraction of sp³-hybridized carbons (Fsp3) is 0. The third-order valence-corrected chi connectivity index (χ3v) is 16.9. The summed E-state index contributed by atoms with van der Waals surface area (Å²) in [5, 5.41) is 0. The Balaban J connectivity index is 0.721. The smallest absolute Gasteiger partial charge is 0.0456 e. The van der Waals surface area contributed by atoms with Gasteiger partial charge in [-0.1, -0.05) is 376 Å². The number of hydrogen-bond donors (Lipinski definition) is 0. The number of rotatable bonds is 22. The Morgan fingerprint density at radius 3 is 0.531 bits per heavy atom. The molecule has 13 rings (SSSR count). The van der Waals surface area contributed by atoms with E-state index in [0.717, 1.165) is 89.5 Å². The molecule has 0 radical (unpaired) electrons. The first-order chi connectivity index (χ1) is 47.6. The minimum Gasteiger partial charge on any atom is -0.317 e. The Kier molecular flexibility index (Phi) is 20.5. The third kappa shape index (κ3) is 16.3. The summed E-state index contributed by atoms with van der Waals surface area (Å²) >= 11 is 0. The number of allylic oxidation sites excluding steroid dienone is 4. The maximum atomic E-state index is 2.30. The highest BCUT2D eigenvalue weighted by atomic mass is 15.1. The molecule has 2 nitrogen and oxygen atoms in total. The monoisotopic (exact) mass is 1230 g/mol. The molecule has 0 unspecified atom stereocenters. The van der Waals surface area contributed by atoms with Gasteiger partial charge in [0.2, 0.25) is 0 Å². The highest BCUT2D eigenvalue weighted by molar-refractivity contribution is 5.88. The molecule has 0 fully saturated rings. The summed E-state index contributed by atoms with van der Waals surface area (Å²) in [7, 11) is 0. The standard InChI is InChI=1S/C94H72N2/c1-9-29-79(30-10-1)91(80-31-11-2-12-32-80)45-25-27-73-55-63-87(64-56-73)95(71-93(83-37-17-5-18-38-83)84-39-19-6-20-40-84)89-67-59-77(60-68-89)53-51-75-47-49-76(50-48-75)52-54-78-61-69-90(70-62-78)96(72-94(85-41-21-7-22-42-85)86-43-23-8-24-44-86)88-65-57-74(58-66-88)28-26-46-92(81-33-13-3-14-34-81)82-35-15-4-16-36-82/h1-72H/b27-25+,28-26+,53-51+,54-52+. The van der Waals surface area contributed by atoms with Crippen molar-refractivity contribution in [2.75, 3.05) is 9.80 Å². The van der Waals surface area contributed by atoms with Gasteiger partial charge >= 0.3 is 0 Å². The fourth-order valence-electron chi connectivity index (χ4n) is 11.7. The molecule has 0 saturated carbocycles. The summed E-state index contributed by atoms with van der Waals surface area (Å²) in [6.45, 7) is 0. The van der Waals surface area contributed by atoms with E-state index in [-0.39, 0.29) is 0 Å². The first-order valence-electron chi connectivity index (χ1n) is 32.7. The lowest BCUT2D eigenvalue weighted by atomic mass is 9.97. The second-order valence-corrected chi connectivity index (χ2v) is 23.3. The molecule has 13 aromatic carbocycles. The first kappa shape index (κ1) is 62.2. The van der Waals surface area contributed by atoms with E-state index >= 15 is 0 Å². The van der Waals surface area contributed by atoms with Crippen LogP contribution in [0.5, 0.6) is 0 Å². The molecule has 96 heavy (non-hydrogen) atoms. The molecule has 2 heteroatoms. The van der Waals surface area contributed by atoms with Crippen LogP contribution in [0.1, 0.15) is 77.9 Å². The predicted octanol–water partition coefficient (Wildman–Crippen LogP) is 24.8. The highest BCUT2D eigenvalue weighted by Crippen LogP contribution is 2.36. The maximum absolute atomic E-state index is 2.30. The van der Waals surface area contributed by atoms with Crippen molar-refractivity contribution < 1.29 is 0 Å². The third-order valence-electron chi connectivity index (χ3n) is 16.9. The van der Waals surface area contributed by atoms with Crippen LogP contribution in [0.4, 0.5) is 22.7 Å². The molecule has 0 N–H and O–H groups in total. The molecule has 0 heterocycles. The quantitative estimate of drug-likeness (QED) is 0.0493. The minimum absolute atomic E-state index is 1.05. The van der Waals surface area contributed by atoms with Gasteiger partial charge in [0.1, 0.15) is 0 Å². The Bertz CT molecular complexity index is 4360. The lowest BCUT2D eigenvalue weighted by Gasteiger charge is -2.24. The number of anilines is 4. The second-order valence-electron chi connectivity index (χ2n) is 23.3. The largest absolute Gasteiger partial charge is 0.317 e. The van der Waals surface area contributed by atoms with E-state index in [9.17, 15) is 0 Å². The highest BCUT2D eigenvalue weighted by Gasteiger charge is 2.15. The van der Waals surface area contributed by atoms with Gasteiger partial charge in [0.15, 0.2) is 0 Å². The molecule has 0 aromatic heterocycles. The van der Waals surface area contributed by atoms with Crippen molar-refractivity contribution in [3.8, 4) is 0 Å². The van der Waals surface area contributed by atoms with E-state index in [1.54, 1.807) is 0 Å². The first-order valence-corrected chi connectivity index (χ1v) is 32.7. The normalized spacial score (nSPS) is 11.2. The number of hydrogen-bond acceptors (Lipinski definition) is 2. The summed E-state index contributed by atoms with van der Waals surface area (Å²) in [6, 6.07) is 129. The maximum Gasteiger partial charge on any atom is 0.0456 e. The summed E-state index contributed by atoms with van der Waals surface area (Å²) in [4.78, 5) is 4.60. The molecule has 0 amide bonds. The Hall–Kier alpha value is -12.6. The van der Waals surface area contributed by atoms with E-state index in [1.165, 1.54) is 33.4 Å². The van der Waals surface area contributed by atoms with Gasteiger partial charge in [0.05, 0.1) is 0 Å². The van der Waals surface area contributed by atoms with Gasteiger partial charge in [-0.2, -0.15) is 0 Å². The molecule has 0 aliphatic heterocycles. The SMILES string of the molecule is C(/C=C/c1ccc(N(C=C(c2ccccc2)c2ccccc2)c2ccc(/C=C/c3ccc(/C=C/c4ccc(N(C=C(c5ccccc5)c5ccccc5)c5ccc(/C=C/C=C(c6ccccc6)c6ccccc6)cc5)cc4)cc3)cc2)cc1)=C(c1ccccc1)c1ccccc1. The van der Waals surface area contributed by atoms with Gasteiger partial charge in [0.25, 0.3) is 0 Å². The molecule has 0 bridgehead atoms. The average Bonchev–Trinajstić information content (AvgIpc) is 2.07. The zero-order valence-corrected chi connectivity index (χ0v) is 53.5. The molecule has 0 spiro atoms. The molecule has 0 aliphatic rings. The molecular weight excluding hydrogens is 1160 g/mol. The Labute approximate surface area is 566 Å². The van der Waals surface area contributed by atoms with Crippen LogP contribution in [0.15, 0.2) is 401 Å². The second kappa shape index (κ2) is 31.6. The molecule has 0 atom stereocenters. The van der Waals surface area contributed by atoms with Crippen LogP contribution in [0.25, 0.3) is 58.7 Å². The van der Waals surface area contributed by atoms with Crippen molar-refractivity contribution in [1.29, 1.82) is 0 Å². The van der Waals surface area contributed by atoms with E-state index in [1.807, 2.05) is 0 Å². The van der Waals surface area contributed by atoms with E-state index in [4.69, 9.17) is 0 Å². The van der Waals surface area contributed by atoms with Crippen LogP contribution in [-0.2, 0) is 0 Å². The number of nitrogens with zero attached hydrogens (tertiary/aromatic N) is 2. The van der Waals surface area contributed by atoms with Gasteiger partial charge in [-0.15, -0.1) is 0 Å². The van der Waals surface area contributed by atoms with Gasteiger partial charge < -0.3 is 9.80 Å². The summed E-state index contributed by atoms with van der Waals surface area (Å²) in [5.41, 5.74) is 24.8. The molecular formula is C94H72N2. The van der Waals surface area contributed by atoms with Crippen LogP contribution in [0.3, 0.4) is 0 Å². The van der Waals surface area contributed by atoms with Crippen LogP contribution in [0, 0.1) is 0 Å². The van der Waals surface area contributed by atoms with E-state index < -0.39 is 0 Å². The van der Waals surface area contributed by atoms with E-state index in [0.29, 0.717) is 0 Å². The van der Waals surface area contributed by atoms with Crippen molar-refractivity contribution in [3.05, 3.63) is 479 Å². The topological polar surface area (TPSA) is 6.48 Å². The predicted molar refractivity (Wildman–Crippen MR) is 412 cm³/mol. The lowest BCUT2D eigenvalue weighted by molar-refractivity contribution is 1.28. The molecule has 13 aromatic rings. The Morgan fingerprint density at radius 1 is 0.167 bits per heavy atom. The summed E-state index contributed by atoms with van der Waals surface area (Å²) < 4.78 is 0. The fourth-order valence-corrected chi connectivity index (χ4v) is 11.7. The van der Waals surface area contributed by atoms with Crippen molar-refractivity contribution in [2.45, 2.75) is 0 Å². The molecule has 0 saturated heterocycles. The zero-order valence-electron chi connectivity index (χ0n) is 53.5. The van der Waals surface area contributed by atoms with Gasteiger partial charge in [-0.3, -0.25) is 0 Å². The van der Waals surface area contributed by atoms with Crippen LogP contribution >= 0.6 is 0 Å². The molecule has 0 aliphatic carbocycles. The Morgan fingerprint density at radius 2 is 0.333 bits per heavy atom. The van der Waals surface area contributed by atoms with Crippen molar-refractivity contribution >= 4 is 81.5 Å². The van der Waals surface area contributed by atoms with Crippen molar-refractivity contribution in [3.63, 3.8) is 0 Å². The van der Waals surface area contributed by atoms with E-state index in [2.05, 4.69) is 447 Å². The molecule has 458 valence electrons. The van der Waals surface area contributed by atoms with Gasteiger partial charge in [-0.25, -0.2) is 0 Å². The average molecular weight is 1230 g/mol. The summed E-state index contributed by atoms with van der Waals surface area (Å²) in [5.74, 6) is 0. The summed E-state index contributed by atoms with van der Waals surface area (Å²) in [6.07, 6.45) is 26.4.